The van der Waals surface area contributed by atoms with E-state index >= 15 is 0 Å². The lowest BCUT2D eigenvalue weighted by Gasteiger charge is -2.36. The molecule has 1 heterocycles. The van der Waals surface area contributed by atoms with Crippen molar-refractivity contribution in [2.75, 3.05) is 0 Å². The van der Waals surface area contributed by atoms with Crippen LogP contribution in [0.25, 0.3) is 11.0 Å². The van der Waals surface area contributed by atoms with Crippen LogP contribution < -0.4 is 5.32 Å². The summed E-state index contributed by atoms with van der Waals surface area (Å²) in [6, 6.07) is 9.21. The molecular weight excluding hydrogens is 258 g/mol. The van der Waals surface area contributed by atoms with Gasteiger partial charge in [-0.3, -0.25) is 0 Å². The van der Waals surface area contributed by atoms with E-state index < -0.39 is 0 Å². The number of nitrogens with one attached hydrogen (secondary N) is 1. The maximum Gasteiger partial charge on any atom is 0.134 e. The summed E-state index contributed by atoms with van der Waals surface area (Å²) in [5.74, 6) is 1.10. The molecule has 0 amide bonds. The second-order valence-corrected chi connectivity index (χ2v) is 7.43. The molecule has 0 spiro atoms. The van der Waals surface area contributed by atoms with Crippen molar-refractivity contribution < 1.29 is 4.42 Å². The third kappa shape index (κ3) is 3.01. The molecule has 2 aromatic rings. The molecule has 1 aromatic heterocycles. The van der Waals surface area contributed by atoms with Crippen LogP contribution in [0.1, 0.15) is 63.8 Å². The SMILES string of the molecule is Cc1c(C(C)NC2CCCC(C)(C)C2)oc2ccccc12. The molecule has 0 saturated heterocycles. The van der Waals surface area contributed by atoms with Crippen LogP contribution in [0.4, 0.5) is 0 Å². The molecule has 1 aromatic carbocycles. The highest BCUT2D eigenvalue weighted by Gasteiger charge is 2.29. The number of hydrogen-bond donors (Lipinski definition) is 1. The molecule has 0 aliphatic heterocycles. The van der Waals surface area contributed by atoms with Crippen LogP contribution in [-0.2, 0) is 0 Å². The van der Waals surface area contributed by atoms with E-state index in [-0.39, 0.29) is 6.04 Å². The zero-order valence-electron chi connectivity index (χ0n) is 13.7. The van der Waals surface area contributed by atoms with Crippen molar-refractivity contribution in [2.45, 2.75) is 65.5 Å². The first kappa shape index (κ1) is 14.6. The van der Waals surface area contributed by atoms with Crippen LogP contribution in [0.15, 0.2) is 28.7 Å². The van der Waals surface area contributed by atoms with E-state index in [1.165, 1.54) is 36.6 Å². The Hall–Kier alpha value is -1.28. The van der Waals surface area contributed by atoms with Crippen molar-refractivity contribution >= 4 is 11.0 Å². The Morgan fingerprint density at radius 2 is 2.05 bits per heavy atom. The van der Waals surface area contributed by atoms with E-state index in [1.807, 2.05) is 6.07 Å². The Labute approximate surface area is 127 Å². The third-order valence-corrected chi connectivity index (χ3v) is 4.96. The molecule has 0 radical (unpaired) electrons. The minimum Gasteiger partial charge on any atom is -0.459 e. The van der Waals surface area contributed by atoms with Crippen LogP contribution in [0.5, 0.6) is 0 Å². The maximum atomic E-state index is 6.09. The number of aryl methyl sites for hydroxylation is 1. The molecule has 1 saturated carbocycles. The number of rotatable bonds is 3. The van der Waals surface area contributed by atoms with Crippen molar-refractivity contribution in [2.24, 2.45) is 5.41 Å². The van der Waals surface area contributed by atoms with Gasteiger partial charge in [-0.15, -0.1) is 0 Å². The summed E-state index contributed by atoms with van der Waals surface area (Å²) in [5.41, 5.74) is 2.75. The van der Waals surface area contributed by atoms with E-state index in [0.29, 0.717) is 11.5 Å². The normalized spacial score (nSPS) is 23.3. The highest BCUT2D eigenvalue weighted by atomic mass is 16.3. The molecule has 2 atom stereocenters. The van der Waals surface area contributed by atoms with Crippen molar-refractivity contribution in [1.29, 1.82) is 0 Å². The Morgan fingerprint density at radius 3 is 2.76 bits per heavy atom. The van der Waals surface area contributed by atoms with Gasteiger partial charge in [0.15, 0.2) is 0 Å². The molecule has 2 unspecified atom stereocenters. The summed E-state index contributed by atoms with van der Waals surface area (Å²) in [5, 5.41) is 5.04. The molecule has 1 fully saturated rings. The Morgan fingerprint density at radius 1 is 1.29 bits per heavy atom. The number of furan rings is 1. The lowest BCUT2D eigenvalue weighted by molar-refractivity contribution is 0.187. The van der Waals surface area contributed by atoms with Crippen molar-refractivity contribution in [3.05, 3.63) is 35.6 Å². The predicted molar refractivity (Wildman–Crippen MR) is 88.5 cm³/mol. The summed E-state index contributed by atoms with van der Waals surface area (Å²) in [6.45, 7) is 9.17. The van der Waals surface area contributed by atoms with Gasteiger partial charge >= 0.3 is 0 Å². The van der Waals surface area contributed by atoms with Crippen LogP contribution >= 0.6 is 0 Å². The molecule has 1 N–H and O–H groups in total. The summed E-state index contributed by atoms with van der Waals surface area (Å²) < 4.78 is 6.09. The zero-order valence-corrected chi connectivity index (χ0v) is 13.7. The van der Waals surface area contributed by atoms with E-state index in [2.05, 4.69) is 51.2 Å². The lowest BCUT2D eigenvalue weighted by Crippen LogP contribution is -2.38. The van der Waals surface area contributed by atoms with E-state index in [0.717, 1.165) is 11.3 Å². The zero-order chi connectivity index (χ0) is 15.0. The molecule has 3 rings (SSSR count). The first-order chi connectivity index (χ1) is 9.96. The summed E-state index contributed by atoms with van der Waals surface area (Å²) in [7, 11) is 0. The van der Waals surface area contributed by atoms with Crippen molar-refractivity contribution in [3.8, 4) is 0 Å². The number of benzene rings is 1. The summed E-state index contributed by atoms with van der Waals surface area (Å²) >= 11 is 0. The lowest BCUT2D eigenvalue weighted by atomic mass is 9.75. The summed E-state index contributed by atoms with van der Waals surface area (Å²) in [4.78, 5) is 0. The van der Waals surface area contributed by atoms with Gasteiger partial charge in [-0.2, -0.15) is 0 Å². The van der Waals surface area contributed by atoms with Gasteiger partial charge < -0.3 is 9.73 Å². The van der Waals surface area contributed by atoms with Crippen molar-refractivity contribution in [1.82, 2.24) is 5.32 Å². The average molecular weight is 285 g/mol. The van der Waals surface area contributed by atoms with E-state index in [9.17, 15) is 0 Å². The number of hydrogen-bond acceptors (Lipinski definition) is 2. The fourth-order valence-electron chi connectivity index (χ4n) is 3.88. The quantitative estimate of drug-likeness (QED) is 0.821. The first-order valence-corrected chi connectivity index (χ1v) is 8.20. The van der Waals surface area contributed by atoms with Crippen LogP contribution in [0.3, 0.4) is 0 Å². The second kappa shape index (κ2) is 5.49. The number of fused-ring (bicyclic) bond motifs is 1. The van der Waals surface area contributed by atoms with Crippen LogP contribution in [0, 0.1) is 12.3 Å². The number of para-hydroxylation sites is 1. The van der Waals surface area contributed by atoms with E-state index in [1.54, 1.807) is 0 Å². The molecule has 21 heavy (non-hydrogen) atoms. The summed E-state index contributed by atoms with van der Waals surface area (Å²) in [6.07, 6.45) is 5.23. The average Bonchev–Trinajstić information content (AvgIpc) is 2.76. The fraction of sp³-hybridized carbons (Fsp3) is 0.579. The molecule has 1 aliphatic rings. The van der Waals surface area contributed by atoms with Gasteiger partial charge in [0.1, 0.15) is 11.3 Å². The highest BCUT2D eigenvalue weighted by molar-refractivity contribution is 5.82. The fourth-order valence-corrected chi connectivity index (χ4v) is 3.88. The first-order valence-electron chi connectivity index (χ1n) is 8.20. The van der Waals surface area contributed by atoms with Crippen molar-refractivity contribution in [3.63, 3.8) is 0 Å². The van der Waals surface area contributed by atoms with E-state index in [4.69, 9.17) is 4.42 Å². The topological polar surface area (TPSA) is 25.2 Å². The molecule has 2 nitrogen and oxygen atoms in total. The minimum absolute atomic E-state index is 0.274. The molecule has 2 heteroatoms. The monoisotopic (exact) mass is 285 g/mol. The Kier molecular flexibility index (Phi) is 3.83. The van der Waals surface area contributed by atoms with Gasteiger partial charge in [0.25, 0.3) is 0 Å². The second-order valence-electron chi connectivity index (χ2n) is 7.43. The molecular formula is C19H27NO. The standard InChI is InChI=1S/C19H27NO/c1-13-16-9-5-6-10-17(16)21-18(13)14(2)20-15-8-7-11-19(3,4)12-15/h5-6,9-10,14-15,20H,7-8,11-12H2,1-4H3. The van der Waals surface area contributed by atoms with Gasteiger partial charge in [-0.1, -0.05) is 38.5 Å². The Bertz CT molecular complexity index is 626. The minimum atomic E-state index is 0.274. The van der Waals surface area contributed by atoms with Crippen LogP contribution in [0.2, 0.25) is 0 Å². The van der Waals surface area contributed by atoms with Gasteiger partial charge in [-0.05, 0) is 50.2 Å². The third-order valence-electron chi connectivity index (χ3n) is 4.96. The van der Waals surface area contributed by atoms with Crippen LogP contribution in [-0.4, -0.2) is 6.04 Å². The molecule has 1 aliphatic carbocycles. The smallest absolute Gasteiger partial charge is 0.134 e. The molecule has 114 valence electrons. The van der Waals surface area contributed by atoms with Gasteiger partial charge in [-0.25, -0.2) is 0 Å². The molecule has 0 bridgehead atoms. The predicted octanol–water partition coefficient (Wildman–Crippen LogP) is 5.36. The van der Waals surface area contributed by atoms with Gasteiger partial charge in [0.2, 0.25) is 0 Å². The largest absolute Gasteiger partial charge is 0.459 e. The van der Waals surface area contributed by atoms with Gasteiger partial charge in [0, 0.05) is 11.4 Å². The highest BCUT2D eigenvalue weighted by Crippen LogP contribution is 2.36. The Balaban J connectivity index is 1.78. The maximum absolute atomic E-state index is 6.09. The van der Waals surface area contributed by atoms with Gasteiger partial charge in [0.05, 0.1) is 6.04 Å².